The lowest BCUT2D eigenvalue weighted by Crippen LogP contribution is -2.50. The van der Waals surface area contributed by atoms with E-state index in [1.165, 1.54) is 0 Å². The number of carbonyl (C=O) groups excluding carboxylic acids is 2. The van der Waals surface area contributed by atoms with Gasteiger partial charge in [0.1, 0.15) is 5.60 Å². The fraction of sp³-hybridized carbons (Fsp3) is 0.478. The molecule has 0 saturated carbocycles. The smallest absolute Gasteiger partial charge is 0.410 e. The predicted octanol–water partition coefficient (Wildman–Crippen LogP) is 2.82. The van der Waals surface area contributed by atoms with Gasteiger partial charge in [-0.05, 0) is 33.7 Å². The Balaban J connectivity index is 1.35. The summed E-state index contributed by atoms with van der Waals surface area (Å²) < 4.78 is 5.42. The number of benzene rings is 1. The summed E-state index contributed by atoms with van der Waals surface area (Å²) in [6, 6.07) is 9.66. The number of aromatic nitrogens is 2. The molecule has 1 aliphatic rings. The van der Waals surface area contributed by atoms with Gasteiger partial charge in [0, 0.05) is 50.7 Å². The van der Waals surface area contributed by atoms with Gasteiger partial charge < -0.3 is 15.0 Å². The SMILES string of the molecule is CC(C)(C)OC(=O)N1CCN(CCCNC(=O)c2cnc(-c3ccccc3)nc2)CC1. The van der Waals surface area contributed by atoms with Crippen LogP contribution in [0.3, 0.4) is 0 Å². The molecule has 0 spiro atoms. The average molecular weight is 426 g/mol. The number of rotatable bonds is 6. The lowest BCUT2D eigenvalue weighted by atomic mass is 10.2. The van der Waals surface area contributed by atoms with Gasteiger partial charge in [-0.15, -0.1) is 0 Å². The fourth-order valence-corrected chi connectivity index (χ4v) is 3.27. The summed E-state index contributed by atoms with van der Waals surface area (Å²) in [7, 11) is 0. The van der Waals surface area contributed by atoms with Gasteiger partial charge in [0.05, 0.1) is 5.56 Å². The van der Waals surface area contributed by atoms with Crippen LogP contribution in [0.2, 0.25) is 0 Å². The molecule has 31 heavy (non-hydrogen) atoms. The number of nitrogens with zero attached hydrogens (tertiary/aromatic N) is 4. The van der Waals surface area contributed by atoms with Gasteiger partial charge >= 0.3 is 6.09 Å². The molecule has 2 aromatic rings. The number of hydrogen-bond donors (Lipinski definition) is 1. The summed E-state index contributed by atoms with van der Waals surface area (Å²) in [5.74, 6) is 0.428. The standard InChI is InChI=1S/C23H31N5O3/c1-23(2,3)31-22(30)28-14-12-27(13-15-28)11-7-10-24-21(29)19-16-25-20(26-17-19)18-8-5-4-6-9-18/h4-6,8-9,16-17H,7,10-15H2,1-3H3,(H,24,29). The maximum absolute atomic E-state index is 12.3. The van der Waals surface area contributed by atoms with Crippen molar-refractivity contribution in [3.8, 4) is 11.4 Å². The monoisotopic (exact) mass is 425 g/mol. The lowest BCUT2D eigenvalue weighted by Gasteiger charge is -2.35. The van der Waals surface area contributed by atoms with Gasteiger partial charge in [-0.3, -0.25) is 9.69 Å². The highest BCUT2D eigenvalue weighted by Crippen LogP contribution is 2.13. The van der Waals surface area contributed by atoms with E-state index in [1.807, 2.05) is 51.1 Å². The molecular weight excluding hydrogens is 394 g/mol. The number of piperazine rings is 1. The van der Waals surface area contributed by atoms with Crippen LogP contribution in [0.1, 0.15) is 37.6 Å². The van der Waals surface area contributed by atoms with Crippen molar-refractivity contribution in [1.29, 1.82) is 0 Å². The molecule has 166 valence electrons. The maximum Gasteiger partial charge on any atom is 0.410 e. The summed E-state index contributed by atoms with van der Waals surface area (Å²) in [5, 5.41) is 2.92. The Labute approximate surface area is 183 Å². The molecule has 0 unspecified atom stereocenters. The zero-order valence-corrected chi connectivity index (χ0v) is 18.5. The molecule has 1 saturated heterocycles. The molecule has 2 amide bonds. The predicted molar refractivity (Wildman–Crippen MR) is 119 cm³/mol. The molecule has 1 N–H and O–H groups in total. The van der Waals surface area contributed by atoms with Crippen LogP contribution >= 0.6 is 0 Å². The van der Waals surface area contributed by atoms with Crippen molar-refractivity contribution in [1.82, 2.24) is 25.1 Å². The molecule has 1 aromatic carbocycles. The molecule has 2 heterocycles. The van der Waals surface area contributed by atoms with E-state index in [0.29, 0.717) is 31.0 Å². The highest BCUT2D eigenvalue weighted by molar-refractivity contribution is 5.93. The van der Waals surface area contributed by atoms with Crippen LogP contribution in [0.15, 0.2) is 42.7 Å². The second-order valence-corrected chi connectivity index (χ2v) is 8.58. The van der Waals surface area contributed by atoms with E-state index in [1.54, 1.807) is 17.3 Å². The minimum absolute atomic E-state index is 0.172. The molecule has 1 aliphatic heterocycles. The van der Waals surface area contributed by atoms with Crippen LogP contribution in [-0.2, 0) is 4.74 Å². The minimum Gasteiger partial charge on any atom is -0.444 e. The highest BCUT2D eigenvalue weighted by atomic mass is 16.6. The molecule has 3 rings (SSSR count). The van der Waals surface area contributed by atoms with E-state index < -0.39 is 5.60 Å². The third-order valence-electron chi connectivity index (χ3n) is 4.91. The topological polar surface area (TPSA) is 87.7 Å². The third kappa shape index (κ3) is 7.03. The normalized spacial score (nSPS) is 14.9. The number of hydrogen-bond acceptors (Lipinski definition) is 6. The van der Waals surface area contributed by atoms with E-state index >= 15 is 0 Å². The number of ether oxygens (including phenoxy) is 1. The minimum atomic E-state index is -0.473. The molecular formula is C23H31N5O3. The van der Waals surface area contributed by atoms with E-state index in [2.05, 4.69) is 20.2 Å². The van der Waals surface area contributed by atoms with Gasteiger partial charge in [0.2, 0.25) is 0 Å². The maximum atomic E-state index is 12.3. The van der Waals surface area contributed by atoms with Gasteiger partial charge in [-0.2, -0.15) is 0 Å². The Kier molecular flexibility index (Phi) is 7.57. The molecule has 0 aliphatic carbocycles. The Hall–Kier alpha value is -3.00. The van der Waals surface area contributed by atoms with Crippen molar-refractivity contribution in [3.05, 3.63) is 48.3 Å². The van der Waals surface area contributed by atoms with Crippen molar-refractivity contribution in [2.24, 2.45) is 0 Å². The first-order valence-electron chi connectivity index (χ1n) is 10.7. The molecule has 8 nitrogen and oxygen atoms in total. The van der Waals surface area contributed by atoms with Gasteiger partial charge in [0.25, 0.3) is 5.91 Å². The van der Waals surface area contributed by atoms with Crippen molar-refractivity contribution in [2.75, 3.05) is 39.3 Å². The summed E-state index contributed by atoms with van der Waals surface area (Å²) in [4.78, 5) is 37.1. The molecule has 8 heteroatoms. The van der Waals surface area contributed by atoms with E-state index in [4.69, 9.17) is 4.74 Å². The highest BCUT2D eigenvalue weighted by Gasteiger charge is 2.25. The summed E-state index contributed by atoms with van der Waals surface area (Å²) in [6.07, 6.45) is 3.70. The first-order valence-corrected chi connectivity index (χ1v) is 10.7. The van der Waals surface area contributed by atoms with E-state index in [9.17, 15) is 9.59 Å². The summed E-state index contributed by atoms with van der Waals surface area (Å²) in [5.41, 5.74) is 0.895. The number of nitrogens with one attached hydrogen (secondary N) is 1. The quantitative estimate of drug-likeness (QED) is 0.716. The Bertz CT molecular complexity index is 857. The number of carbonyl (C=O) groups is 2. The Morgan fingerprint density at radius 1 is 1.03 bits per heavy atom. The first kappa shape index (κ1) is 22.7. The molecule has 1 fully saturated rings. The zero-order chi connectivity index (χ0) is 22.3. The molecule has 0 bridgehead atoms. The summed E-state index contributed by atoms with van der Waals surface area (Å²) in [6.45, 7) is 10.00. The van der Waals surface area contributed by atoms with Crippen LogP contribution in [0.5, 0.6) is 0 Å². The number of amides is 2. The summed E-state index contributed by atoms with van der Waals surface area (Å²) >= 11 is 0. The largest absolute Gasteiger partial charge is 0.444 e. The zero-order valence-electron chi connectivity index (χ0n) is 18.5. The van der Waals surface area contributed by atoms with E-state index in [0.717, 1.165) is 31.6 Å². The van der Waals surface area contributed by atoms with Crippen LogP contribution in [0.25, 0.3) is 11.4 Å². The van der Waals surface area contributed by atoms with Crippen LogP contribution in [0.4, 0.5) is 4.79 Å². The molecule has 0 atom stereocenters. The first-order chi connectivity index (χ1) is 14.8. The van der Waals surface area contributed by atoms with Gasteiger partial charge in [-0.25, -0.2) is 14.8 Å². The molecule has 0 radical (unpaired) electrons. The second-order valence-electron chi connectivity index (χ2n) is 8.58. The van der Waals surface area contributed by atoms with Gasteiger partial charge in [-0.1, -0.05) is 30.3 Å². The Morgan fingerprint density at radius 2 is 1.68 bits per heavy atom. The van der Waals surface area contributed by atoms with Crippen molar-refractivity contribution in [3.63, 3.8) is 0 Å². The van der Waals surface area contributed by atoms with Gasteiger partial charge in [0.15, 0.2) is 5.82 Å². The lowest BCUT2D eigenvalue weighted by molar-refractivity contribution is 0.0144. The van der Waals surface area contributed by atoms with Crippen molar-refractivity contribution >= 4 is 12.0 Å². The van der Waals surface area contributed by atoms with Crippen molar-refractivity contribution in [2.45, 2.75) is 32.8 Å². The fourth-order valence-electron chi connectivity index (χ4n) is 3.27. The Morgan fingerprint density at radius 3 is 2.29 bits per heavy atom. The van der Waals surface area contributed by atoms with Crippen LogP contribution in [-0.4, -0.2) is 76.6 Å². The van der Waals surface area contributed by atoms with E-state index in [-0.39, 0.29) is 12.0 Å². The van der Waals surface area contributed by atoms with Crippen molar-refractivity contribution < 1.29 is 14.3 Å². The second kappa shape index (κ2) is 10.3. The van der Waals surface area contributed by atoms with Crippen LogP contribution < -0.4 is 5.32 Å². The third-order valence-corrected chi connectivity index (χ3v) is 4.91. The molecule has 1 aromatic heterocycles. The van der Waals surface area contributed by atoms with Crippen LogP contribution in [0, 0.1) is 0 Å². The average Bonchev–Trinajstić information content (AvgIpc) is 2.76.